The van der Waals surface area contributed by atoms with E-state index in [2.05, 4.69) is 28.6 Å². The van der Waals surface area contributed by atoms with Crippen molar-refractivity contribution in [1.29, 1.82) is 0 Å². The molecule has 3 nitrogen and oxygen atoms in total. The molecule has 0 saturated carbocycles. The fourth-order valence-corrected chi connectivity index (χ4v) is 5.00. The van der Waals surface area contributed by atoms with Gasteiger partial charge in [0.25, 0.3) is 0 Å². The molecule has 4 rings (SSSR count). The van der Waals surface area contributed by atoms with Crippen LogP contribution in [0.1, 0.15) is 29.9 Å². The van der Waals surface area contributed by atoms with Gasteiger partial charge in [-0.3, -0.25) is 4.79 Å². The number of hydrogen-bond acceptors (Lipinski definition) is 3. The van der Waals surface area contributed by atoms with Gasteiger partial charge in [-0.15, -0.1) is 0 Å². The van der Waals surface area contributed by atoms with Crippen LogP contribution in [0.2, 0.25) is 0 Å². The molecule has 0 bridgehead atoms. The summed E-state index contributed by atoms with van der Waals surface area (Å²) in [6, 6.07) is 22.9. The molecule has 3 aromatic rings. The highest BCUT2D eigenvalue weighted by atomic mass is 32.2. The van der Waals surface area contributed by atoms with Crippen molar-refractivity contribution in [2.75, 3.05) is 13.1 Å². The predicted octanol–water partition coefficient (Wildman–Crippen LogP) is 6.01. The topological polar surface area (TPSA) is 40.5 Å². The van der Waals surface area contributed by atoms with Crippen LogP contribution < -0.4 is 0 Å². The molecular formula is C25H24FNO2S. The third kappa shape index (κ3) is 5.29. The quantitative estimate of drug-likeness (QED) is 0.495. The average molecular weight is 422 g/mol. The van der Waals surface area contributed by atoms with E-state index >= 15 is 0 Å². The highest BCUT2D eigenvalue weighted by Gasteiger charge is 2.23. The molecule has 1 atom stereocenters. The number of nitrogens with zero attached hydrogens (tertiary/aromatic N) is 1. The molecule has 3 aromatic carbocycles. The lowest BCUT2D eigenvalue weighted by Gasteiger charge is -2.32. The van der Waals surface area contributed by atoms with E-state index in [1.165, 1.54) is 17.7 Å². The Bertz CT molecular complexity index is 1010. The summed E-state index contributed by atoms with van der Waals surface area (Å²) in [4.78, 5) is 12.4. The van der Waals surface area contributed by atoms with Crippen molar-refractivity contribution in [2.24, 2.45) is 0 Å². The van der Waals surface area contributed by atoms with Gasteiger partial charge in [0, 0.05) is 18.0 Å². The third-order valence-corrected chi connectivity index (χ3v) is 6.45. The molecule has 1 saturated heterocycles. The number of benzene rings is 3. The van der Waals surface area contributed by atoms with E-state index < -0.39 is 5.97 Å². The number of hydrogen-bond donors (Lipinski definition) is 1. The number of carboxylic acid groups (broad SMARTS) is 1. The van der Waals surface area contributed by atoms with Crippen molar-refractivity contribution >= 4 is 17.9 Å². The summed E-state index contributed by atoms with van der Waals surface area (Å²) in [5, 5.41) is 9.32. The van der Waals surface area contributed by atoms with Crippen LogP contribution >= 0.6 is 11.9 Å². The van der Waals surface area contributed by atoms with Crippen molar-refractivity contribution in [3.8, 4) is 11.1 Å². The van der Waals surface area contributed by atoms with Crippen molar-refractivity contribution in [3.63, 3.8) is 0 Å². The molecule has 1 aliphatic heterocycles. The van der Waals surface area contributed by atoms with Crippen LogP contribution in [0.25, 0.3) is 11.1 Å². The second kappa shape index (κ2) is 9.45. The molecule has 0 radical (unpaired) electrons. The first-order valence-corrected chi connectivity index (χ1v) is 10.9. The Hall–Kier alpha value is -2.63. The maximum absolute atomic E-state index is 13.2. The van der Waals surface area contributed by atoms with E-state index in [1.54, 1.807) is 11.9 Å². The van der Waals surface area contributed by atoms with Crippen LogP contribution in [-0.4, -0.2) is 28.5 Å². The van der Waals surface area contributed by atoms with E-state index in [0.29, 0.717) is 5.92 Å². The zero-order valence-corrected chi connectivity index (χ0v) is 17.4. The number of halogens is 1. The molecule has 1 heterocycles. The zero-order valence-electron chi connectivity index (χ0n) is 16.6. The molecule has 0 amide bonds. The Morgan fingerprint density at radius 2 is 1.80 bits per heavy atom. The summed E-state index contributed by atoms with van der Waals surface area (Å²) in [5.74, 6) is -0.703. The molecule has 1 aliphatic rings. The van der Waals surface area contributed by atoms with Crippen LogP contribution in [0.3, 0.4) is 0 Å². The van der Waals surface area contributed by atoms with Gasteiger partial charge in [0.1, 0.15) is 5.82 Å². The normalized spacial score (nSPS) is 17.0. The predicted molar refractivity (Wildman–Crippen MR) is 119 cm³/mol. The largest absolute Gasteiger partial charge is 0.481 e. The maximum Gasteiger partial charge on any atom is 0.307 e. The lowest BCUT2D eigenvalue weighted by Crippen LogP contribution is -2.29. The van der Waals surface area contributed by atoms with Crippen LogP contribution in [0.15, 0.2) is 77.7 Å². The fourth-order valence-electron chi connectivity index (χ4n) is 3.97. The van der Waals surface area contributed by atoms with Crippen molar-refractivity contribution in [3.05, 3.63) is 89.7 Å². The molecule has 1 fully saturated rings. The van der Waals surface area contributed by atoms with Crippen LogP contribution in [0, 0.1) is 5.82 Å². The number of carbonyl (C=O) groups is 1. The zero-order chi connectivity index (χ0) is 20.9. The minimum atomic E-state index is -0.816. The Morgan fingerprint density at radius 1 is 1.03 bits per heavy atom. The molecule has 1 N–H and O–H groups in total. The van der Waals surface area contributed by atoms with Gasteiger partial charge in [-0.2, -0.15) is 0 Å². The molecule has 30 heavy (non-hydrogen) atoms. The smallest absolute Gasteiger partial charge is 0.307 e. The summed E-state index contributed by atoms with van der Waals surface area (Å²) in [6.07, 6.45) is 2.17. The average Bonchev–Trinajstić information content (AvgIpc) is 2.75. The minimum absolute atomic E-state index is 0.0223. The van der Waals surface area contributed by atoms with Gasteiger partial charge >= 0.3 is 5.97 Å². The Balaban J connectivity index is 1.58. The van der Waals surface area contributed by atoms with Crippen LogP contribution in [-0.2, 0) is 11.2 Å². The van der Waals surface area contributed by atoms with Gasteiger partial charge < -0.3 is 5.11 Å². The van der Waals surface area contributed by atoms with Gasteiger partial charge in [0.15, 0.2) is 0 Å². The van der Waals surface area contributed by atoms with Gasteiger partial charge in [0.2, 0.25) is 0 Å². The summed E-state index contributed by atoms with van der Waals surface area (Å²) < 4.78 is 15.5. The summed E-state index contributed by atoms with van der Waals surface area (Å²) in [7, 11) is 0. The van der Waals surface area contributed by atoms with Crippen molar-refractivity contribution in [2.45, 2.75) is 30.1 Å². The second-order valence-corrected chi connectivity index (χ2v) is 8.84. The van der Waals surface area contributed by atoms with Gasteiger partial charge in [-0.25, -0.2) is 8.70 Å². The number of aliphatic carboxylic acids is 1. The maximum atomic E-state index is 13.2. The third-order valence-electron chi connectivity index (χ3n) is 5.38. The SMILES string of the molecule is O=C(O)Cc1cc(-c2ccccc2)cc(C2CCCN(Sc3ccc(F)cc3)C2)c1. The number of carboxylic acids is 1. The first kappa shape index (κ1) is 20.6. The molecule has 0 aromatic heterocycles. The monoisotopic (exact) mass is 421 g/mol. The highest BCUT2D eigenvalue weighted by molar-refractivity contribution is 7.97. The molecule has 0 aliphatic carbocycles. The van der Waals surface area contributed by atoms with E-state index in [-0.39, 0.29) is 12.2 Å². The summed E-state index contributed by atoms with van der Waals surface area (Å²) in [5.41, 5.74) is 4.19. The lowest BCUT2D eigenvalue weighted by atomic mass is 9.87. The van der Waals surface area contributed by atoms with E-state index in [0.717, 1.165) is 47.5 Å². The van der Waals surface area contributed by atoms with E-state index in [1.807, 2.05) is 36.4 Å². The molecule has 1 unspecified atom stereocenters. The molecule has 0 spiro atoms. The lowest BCUT2D eigenvalue weighted by molar-refractivity contribution is -0.136. The first-order chi connectivity index (χ1) is 14.6. The van der Waals surface area contributed by atoms with Crippen molar-refractivity contribution < 1.29 is 14.3 Å². The summed E-state index contributed by atoms with van der Waals surface area (Å²) in [6.45, 7) is 1.87. The Kier molecular flexibility index (Phi) is 6.50. The number of piperidine rings is 1. The molecule has 154 valence electrons. The fraction of sp³-hybridized carbons (Fsp3) is 0.240. The van der Waals surface area contributed by atoms with Gasteiger partial charge in [-0.05, 0) is 77.2 Å². The summed E-state index contributed by atoms with van der Waals surface area (Å²) >= 11 is 1.66. The van der Waals surface area contributed by atoms with Gasteiger partial charge in [-0.1, -0.05) is 48.5 Å². The number of rotatable bonds is 6. The van der Waals surface area contributed by atoms with Gasteiger partial charge in [0.05, 0.1) is 6.42 Å². The molecule has 5 heteroatoms. The van der Waals surface area contributed by atoms with Crippen LogP contribution in [0.5, 0.6) is 0 Å². The van der Waals surface area contributed by atoms with E-state index in [4.69, 9.17) is 0 Å². The van der Waals surface area contributed by atoms with E-state index in [9.17, 15) is 14.3 Å². The Labute approximate surface area is 180 Å². The minimum Gasteiger partial charge on any atom is -0.481 e. The molecular weight excluding hydrogens is 397 g/mol. The second-order valence-electron chi connectivity index (χ2n) is 7.67. The standard InChI is InChI=1S/C25H24FNO2S/c26-23-8-10-24(11-9-23)30-27-12-4-7-20(17-27)22-14-18(15-25(28)29)13-21(16-22)19-5-2-1-3-6-19/h1-3,5-6,8-11,13-14,16,20H,4,7,12,15,17H2,(H,28,29). The highest BCUT2D eigenvalue weighted by Crippen LogP contribution is 2.35. The first-order valence-electron chi connectivity index (χ1n) is 10.2. The Morgan fingerprint density at radius 3 is 2.53 bits per heavy atom. The van der Waals surface area contributed by atoms with Crippen molar-refractivity contribution in [1.82, 2.24) is 4.31 Å². The van der Waals surface area contributed by atoms with Crippen LogP contribution in [0.4, 0.5) is 4.39 Å².